The third-order valence-electron chi connectivity index (χ3n) is 4.41. The average Bonchev–Trinajstić information content (AvgIpc) is 3.17. The van der Waals surface area contributed by atoms with Gasteiger partial charge in [0.1, 0.15) is 11.5 Å². The Hall–Kier alpha value is -3.32. The summed E-state index contributed by atoms with van der Waals surface area (Å²) in [5, 5.41) is 3.27. The highest BCUT2D eigenvalue weighted by Gasteiger charge is 2.16. The van der Waals surface area contributed by atoms with Crippen LogP contribution in [0, 0.1) is 0 Å². The Labute approximate surface area is 156 Å². The van der Waals surface area contributed by atoms with Gasteiger partial charge in [0, 0.05) is 30.9 Å². The first-order valence-corrected chi connectivity index (χ1v) is 8.69. The van der Waals surface area contributed by atoms with Gasteiger partial charge in [0.25, 0.3) is 0 Å². The number of nitrogens with two attached hydrogens (primary N) is 1. The van der Waals surface area contributed by atoms with Gasteiger partial charge in [-0.3, -0.25) is 4.40 Å². The minimum absolute atomic E-state index is 0.514. The molecule has 0 fully saturated rings. The van der Waals surface area contributed by atoms with Crippen molar-refractivity contribution in [1.29, 1.82) is 0 Å². The lowest BCUT2D eigenvalue weighted by Crippen LogP contribution is -2.14. The molecule has 0 radical (unpaired) electrons. The summed E-state index contributed by atoms with van der Waals surface area (Å²) in [7, 11) is 3.27. The van der Waals surface area contributed by atoms with Crippen LogP contribution in [-0.2, 0) is 0 Å². The summed E-state index contributed by atoms with van der Waals surface area (Å²) in [5.41, 5.74) is 9.94. The van der Waals surface area contributed by atoms with E-state index in [4.69, 9.17) is 25.2 Å². The van der Waals surface area contributed by atoms with Gasteiger partial charge in [-0.2, -0.15) is 0 Å². The van der Waals surface area contributed by atoms with Gasteiger partial charge >= 0.3 is 0 Å². The highest BCUT2D eigenvalue weighted by Crippen LogP contribution is 2.34. The number of hydrogen-bond acceptors (Lipinski definition) is 6. The zero-order valence-corrected chi connectivity index (χ0v) is 15.3. The zero-order chi connectivity index (χ0) is 18.8. The molecule has 7 nitrogen and oxygen atoms in total. The van der Waals surface area contributed by atoms with Crippen molar-refractivity contribution in [3.63, 3.8) is 0 Å². The van der Waals surface area contributed by atoms with Crippen LogP contribution < -0.4 is 20.5 Å². The summed E-state index contributed by atoms with van der Waals surface area (Å²) in [6.07, 6.45) is 2.00. The second-order valence-electron chi connectivity index (χ2n) is 6.05. The predicted octanol–water partition coefficient (Wildman–Crippen LogP) is 2.94. The molecule has 4 aromatic rings. The van der Waals surface area contributed by atoms with Crippen LogP contribution in [0.15, 0.2) is 48.7 Å². The Morgan fingerprint density at radius 1 is 1.07 bits per heavy atom. The maximum Gasteiger partial charge on any atom is 0.181 e. The largest absolute Gasteiger partial charge is 0.497 e. The number of para-hydroxylation sites is 2. The molecule has 3 N–H and O–H groups in total. The molecule has 7 heteroatoms. The highest BCUT2D eigenvalue weighted by molar-refractivity contribution is 5.85. The Balaban J connectivity index is 1.94. The number of anilines is 1. The highest BCUT2D eigenvalue weighted by atomic mass is 16.5. The molecule has 0 unspecified atom stereocenters. The summed E-state index contributed by atoms with van der Waals surface area (Å²) < 4.78 is 12.9. The fourth-order valence-electron chi connectivity index (χ4n) is 3.11. The first kappa shape index (κ1) is 17.1. The number of ether oxygens (including phenoxy) is 2. The maximum absolute atomic E-state index is 5.65. The van der Waals surface area contributed by atoms with Crippen molar-refractivity contribution in [3.05, 3.63) is 48.7 Å². The van der Waals surface area contributed by atoms with E-state index in [1.807, 2.05) is 53.1 Å². The van der Waals surface area contributed by atoms with Crippen molar-refractivity contribution in [1.82, 2.24) is 14.4 Å². The van der Waals surface area contributed by atoms with Gasteiger partial charge in [-0.05, 0) is 24.3 Å². The molecule has 0 bridgehead atoms. The van der Waals surface area contributed by atoms with Crippen LogP contribution in [0.1, 0.15) is 0 Å². The quantitative estimate of drug-likeness (QED) is 0.548. The molecule has 0 aliphatic carbocycles. The van der Waals surface area contributed by atoms with Gasteiger partial charge < -0.3 is 20.5 Å². The number of hydrogen-bond donors (Lipinski definition) is 2. The molecule has 27 heavy (non-hydrogen) atoms. The molecule has 0 atom stereocenters. The third kappa shape index (κ3) is 3.02. The van der Waals surface area contributed by atoms with E-state index >= 15 is 0 Å². The molecule has 0 spiro atoms. The van der Waals surface area contributed by atoms with Crippen LogP contribution in [0.4, 0.5) is 5.82 Å². The fraction of sp³-hybridized carbons (Fsp3) is 0.200. The molecule has 0 aliphatic heterocycles. The van der Waals surface area contributed by atoms with E-state index in [2.05, 4.69) is 5.32 Å². The van der Waals surface area contributed by atoms with Crippen molar-refractivity contribution in [2.75, 3.05) is 32.6 Å². The lowest BCUT2D eigenvalue weighted by atomic mass is 10.1. The number of aromatic nitrogens is 3. The van der Waals surface area contributed by atoms with E-state index in [1.165, 1.54) is 0 Å². The normalized spacial score (nSPS) is 11.1. The van der Waals surface area contributed by atoms with E-state index in [1.54, 1.807) is 14.2 Å². The van der Waals surface area contributed by atoms with Crippen LogP contribution >= 0.6 is 0 Å². The van der Waals surface area contributed by atoms with Crippen molar-refractivity contribution in [3.8, 4) is 22.8 Å². The van der Waals surface area contributed by atoms with Crippen molar-refractivity contribution in [2.24, 2.45) is 5.73 Å². The molecule has 0 amide bonds. The summed E-state index contributed by atoms with van der Waals surface area (Å²) in [6.45, 7) is 1.13. The molecule has 2 aromatic carbocycles. The summed E-state index contributed by atoms with van der Waals surface area (Å²) in [4.78, 5) is 9.54. The molecule has 4 rings (SSSR count). The zero-order valence-electron chi connectivity index (χ0n) is 15.3. The van der Waals surface area contributed by atoms with Gasteiger partial charge in [0.05, 0.1) is 30.9 Å². The third-order valence-corrected chi connectivity index (χ3v) is 4.41. The topological polar surface area (TPSA) is 86.7 Å². The summed E-state index contributed by atoms with van der Waals surface area (Å²) in [5.74, 6) is 2.14. The van der Waals surface area contributed by atoms with E-state index in [0.29, 0.717) is 24.7 Å². The first-order valence-electron chi connectivity index (χ1n) is 8.69. The SMILES string of the molecule is COc1ccc(-c2cn3c(n2)c(NCCN)nc2ccccc23)c(OC)c1. The van der Waals surface area contributed by atoms with Gasteiger partial charge in [0.15, 0.2) is 11.5 Å². The van der Waals surface area contributed by atoms with Gasteiger partial charge in [0.2, 0.25) is 0 Å². The fourth-order valence-corrected chi connectivity index (χ4v) is 3.11. The molecular weight excluding hydrogens is 342 g/mol. The number of rotatable bonds is 6. The molecular formula is C20H21N5O2. The van der Waals surface area contributed by atoms with Crippen LogP contribution in [0.25, 0.3) is 27.9 Å². The smallest absolute Gasteiger partial charge is 0.181 e. The molecule has 2 heterocycles. The lowest BCUT2D eigenvalue weighted by Gasteiger charge is -2.08. The van der Waals surface area contributed by atoms with Gasteiger partial charge in [-0.25, -0.2) is 9.97 Å². The molecule has 0 aliphatic rings. The second-order valence-corrected chi connectivity index (χ2v) is 6.05. The Kier molecular flexibility index (Phi) is 4.52. The molecule has 0 saturated heterocycles. The molecule has 0 saturated carbocycles. The predicted molar refractivity (Wildman–Crippen MR) is 107 cm³/mol. The second kappa shape index (κ2) is 7.13. The summed E-state index contributed by atoms with van der Waals surface area (Å²) >= 11 is 0. The van der Waals surface area contributed by atoms with Crippen LogP contribution in [0.2, 0.25) is 0 Å². The van der Waals surface area contributed by atoms with Crippen LogP contribution in [0.5, 0.6) is 11.5 Å². The number of nitrogens with one attached hydrogen (secondary N) is 1. The number of fused-ring (bicyclic) bond motifs is 3. The standard InChI is InChI=1S/C20H21N5O2/c1-26-13-7-8-14(18(11-13)27-2)16-12-25-17-6-4-3-5-15(17)23-19(20(25)24-16)22-10-9-21/h3-8,11-12H,9-10,21H2,1-2H3,(H,22,23). The minimum Gasteiger partial charge on any atom is -0.497 e. The van der Waals surface area contributed by atoms with Gasteiger partial charge in [-0.15, -0.1) is 0 Å². The van der Waals surface area contributed by atoms with Crippen LogP contribution in [0.3, 0.4) is 0 Å². The number of imidazole rings is 1. The maximum atomic E-state index is 5.65. The summed E-state index contributed by atoms with van der Waals surface area (Å²) in [6, 6.07) is 13.7. The minimum atomic E-state index is 0.514. The van der Waals surface area contributed by atoms with Crippen molar-refractivity contribution >= 4 is 22.5 Å². The van der Waals surface area contributed by atoms with E-state index < -0.39 is 0 Å². The Morgan fingerprint density at radius 2 is 1.93 bits per heavy atom. The number of nitrogens with zero attached hydrogens (tertiary/aromatic N) is 3. The van der Waals surface area contributed by atoms with E-state index in [-0.39, 0.29) is 0 Å². The van der Waals surface area contributed by atoms with Gasteiger partial charge in [-0.1, -0.05) is 12.1 Å². The molecule has 138 valence electrons. The number of benzene rings is 2. The first-order chi connectivity index (χ1) is 13.2. The monoisotopic (exact) mass is 363 g/mol. The molecule has 2 aromatic heterocycles. The average molecular weight is 363 g/mol. The van der Waals surface area contributed by atoms with Crippen molar-refractivity contribution < 1.29 is 9.47 Å². The van der Waals surface area contributed by atoms with E-state index in [9.17, 15) is 0 Å². The Bertz CT molecular complexity index is 1110. The number of methoxy groups -OCH3 is 2. The van der Waals surface area contributed by atoms with Crippen molar-refractivity contribution in [2.45, 2.75) is 0 Å². The lowest BCUT2D eigenvalue weighted by molar-refractivity contribution is 0.395. The Morgan fingerprint density at radius 3 is 2.70 bits per heavy atom. The van der Waals surface area contributed by atoms with E-state index in [0.717, 1.165) is 33.7 Å². The van der Waals surface area contributed by atoms with Crippen LogP contribution in [-0.4, -0.2) is 41.7 Å².